The molecule has 130 valence electrons. The first-order valence-electron chi connectivity index (χ1n) is 8.07. The third-order valence-corrected chi connectivity index (χ3v) is 6.26. The highest BCUT2D eigenvalue weighted by atomic mass is 35.5. The molecule has 0 aliphatic rings. The van der Waals surface area contributed by atoms with E-state index < -0.39 is 0 Å². The average Bonchev–Trinajstić information content (AvgIpc) is 2.99. The number of thiazole rings is 1. The van der Waals surface area contributed by atoms with E-state index in [0.717, 1.165) is 36.6 Å². The van der Waals surface area contributed by atoms with Crippen LogP contribution in [0, 0.1) is 6.92 Å². The molecule has 1 heterocycles. The number of aryl methyl sites for hydroxylation is 1. The Balaban J connectivity index is 1.48. The number of thioether (sulfide) groups is 1. The first kappa shape index (κ1) is 17.3. The molecule has 4 aromatic rings. The first-order valence-corrected chi connectivity index (χ1v) is 10.3. The molecule has 0 aliphatic heterocycles. The number of hydrogen-bond acceptors (Lipinski definition) is 4. The summed E-state index contributed by atoms with van der Waals surface area (Å²) in [4.78, 5) is 17.8. The average molecular weight is 399 g/mol. The van der Waals surface area contributed by atoms with Gasteiger partial charge in [-0.05, 0) is 42.6 Å². The molecule has 1 aromatic heterocycles. The number of halogens is 1. The van der Waals surface area contributed by atoms with E-state index >= 15 is 0 Å². The highest BCUT2D eigenvalue weighted by Crippen LogP contribution is 2.33. The summed E-state index contributed by atoms with van der Waals surface area (Å²) >= 11 is 9.46. The molecule has 0 unspecified atom stereocenters. The Labute approximate surface area is 164 Å². The van der Waals surface area contributed by atoms with Crippen LogP contribution in [0.15, 0.2) is 59.5 Å². The molecule has 0 aliphatic carbocycles. The van der Waals surface area contributed by atoms with Crippen molar-refractivity contribution in [3.8, 4) is 0 Å². The monoisotopic (exact) mass is 398 g/mol. The van der Waals surface area contributed by atoms with Crippen LogP contribution in [0.2, 0.25) is 5.02 Å². The highest BCUT2D eigenvalue weighted by Gasteiger charge is 2.09. The van der Waals surface area contributed by atoms with E-state index in [1.807, 2.05) is 61.5 Å². The Bertz CT molecular complexity index is 1120. The normalized spacial score (nSPS) is 11.2. The standard InChI is InChI=1S/C20H15ClN2OS2/c1-12-22-16-9-8-14(10-18(16)26-12)23-19(24)11-25-17-7-3-5-13-4-2-6-15(21)20(13)17/h2-10H,11H2,1H3,(H,23,24). The smallest absolute Gasteiger partial charge is 0.234 e. The zero-order valence-corrected chi connectivity index (χ0v) is 16.3. The molecule has 0 spiro atoms. The van der Waals surface area contributed by atoms with Crippen molar-refractivity contribution in [1.82, 2.24) is 4.98 Å². The molecule has 26 heavy (non-hydrogen) atoms. The largest absolute Gasteiger partial charge is 0.325 e. The summed E-state index contributed by atoms with van der Waals surface area (Å²) in [6.07, 6.45) is 0. The number of aromatic nitrogens is 1. The maximum absolute atomic E-state index is 12.4. The molecule has 6 heteroatoms. The molecule has 0 radical (unpaired) electrons. The van der Waals surface area contributed by atoms with Crippen molar-refractivity contribution < 1.29 is 4.79 Å². The molecule has 0 saturated heterocycles. The Morgan fingerprint density at radius 1 is 1.19 bits per heavy atom. The van der Waals surface area contributed by atoms with Crippen LogP contribution < -0.4 is 5.32 Å². The summed E-state index contributed by atoms with van der Waals surface area (Å²) in [7, 11) is 0. The summed E-state index contributed by atoms with van der Waals surface area (Å²) < 4.78 is 1.08. The molecule has 3 aromatic carbocycles. The maximum Gasteiger partial charge on any atom is 0.234 e. The number of carbonyl (C=O) groups is 1. The summed E-state index contributed by atoms with van der Waals surface area (Å²) in [5, 5.41) is 6.76. The summed E-state index contributed by atoms with van der Waals surface area (Å²) in [6, 6.07) is 17.6. The predicted molar refractivity (Wildman–Crippen MR) is 113 cm³/mol. The number of nitrogens with zero attached hydrogens (tertiary/aromatic N) is 1. The van der Waals surface area contributed by atoms with E-state index in [0.29, 0.717) is 10.8 Å². The Morgan fingerprint density at radius 2 is 2.00 bits per heavy atom. The minimum atomic E-state index is -0.0420. The third-order valence-electron chi connectivity index (χ3n) is 3.95. The van der Waals surface area contributed by atoms with Gasteiger partial charge in [0.15, 0.2) is 0 Å². The maximum atomic E-state index is 12.4. The minimum absolute atomic E-state index is 0.0420. The van der Waals surface area contributed by atoms with E-state index in [-0.39, 0.29) is 5.91 Å². The van der Waals surface area contributed by atoms with Gasteiger partial charge < -0.3 is 5.32 Å². The van der Waals surface area contributed by atoms with E-state index in [4.69, 9.17) is 11.6 Å². The van der Waals surface area contributed by atoms with E-state index in [1.165, 1.54) is 11.8 Å². The fourth-order valence-electron chi connectivity index (χ4n) is 2.84. The second-order valence-electron chi connectivity index (χ2n) is 5.85. The Morgan fingerprint density at radius 3 is 2.85 bits per heavy atom. The van der Waals surface area contributed by atoms with Gasteiger partial charge in [0.25, 0.3) is 0 Å². The zero-order valence-electron chi connectivity index (χ0n) is 14.0. The molecule has 0 bridgehead atoms. The van der Waals surface area contributed by atoms with Gasteiger partial charge in [0.1, 0.15) is 0 Å². The summed E-state index contributed by atoms with van der Waals surface area (Å²) in [5.74, 6) is 0.282. The molecule has 0 atom stereocenters. The topological polar surface area (TPSA) is 42.0 Å². The predicted octanol–water partition coefficient (Wildman–Crippen LogP) is 6.14. The van der Waals surface area contributed by atoms with Gasteiger partial charge in [0, 0.05) is 21.0 Å². The quantitative estimate of drug-likeness (QED) is 0.419. The first-order chi connectivity index (χ1) is 12.6. The SMILES string of the molecule is Cc1nc2ccc(NC(=O)CSc3cccc4cccc(Cl)c34)cc2s1. The lowest BCUT2D eigenvalue weighted by Gasteiger charge is -2.09. The summed E-state index contributed by atoms with van der Waals surface area (Å²) in [5.41, 5.74) is 1.76. The number of rotatable bonds is 4. The highest BCUT2D eigenvalue weighted by molar-refractivity contribution is 8.00. The van der Waals surface area contributed by atoms with Crippen molar-refractivity contribution in [1.29, 1.82) is 0 Å². The van der Waals surface area contributed by atoms with Gasteiger partial charge in [0.05, 0.1) is 21.0 Å². The molecule has 1 amide bonds. The minimum Gasteiger partial charge on any atom is -0.325 e. The molecular weight excluding hydrogens is 384 g/mol. The van der Waals surface area contributed by atoms with Crippen molar-refractivity contribution >= 4 is 67.3 Å². The number of amides is 1. The van der Waals surface area contributed by atoms with Gasteiger partial charge in [-0.15, -0.1) is 23.1 Å². The molecular formula is C20H15ClN2OS2. The molecule has 4 rings (SSSR count). The Kier molecular flexibility index (Phi) is 4.85. The molecule has 0 fully saturated rings. The zero-order chi connectivity index (χ0) is 18.1. The fourth-order valence-corrected chi connectivity index (χ4v) is 4.95. The number of benzene rings is 3. The lowest BCUT2D eigenvalue weighted by molar-refractivity contribution is -0.113. The van der Waals surface area contributed by atoms with Crippen molar-refractivity contribution in [2.24, 2.45) is 0 Å². The Hall–Kier alpha value is -2.08. The van der Waals surface area contributed by atoms with E-state index in [1.54, 1.807) is 11.3 Å². The molecule has 1 N–H and O–H groups in total. The lowest BCUT2D eigenvalue weighted by Crippen LogP contribution is -2.13. The van der Waals surface area contributed by atoms with Gasteiger partial charge >= 0.3 is 0 Å². The van der Waals surface area contributed by atoms with Gasteiger partial charge in [0.2, 0.25) is 5.91 Å². The number of anilines is 1. The fraction of sp³-hybridized carbons (Fsp3) is 0.100. The van der Waals surface area contributed by atoms with E-state index in [9.17, 15) is 4.79 Å². The lowest BCUT2D eigenvalue weighted by atomic mass is 10.1. The number of hydrogen-bond donors (Lipinski definition) is 1. The molecule has 3 nitrogen and oxygen atoms in total. The molecule has 0 saturated carbocycles. The van der Waals surface area contributed by atoms with Crippen LogP contribution in [0.5, 0.6) is 0 Å². The van der Waals surface area contributed by atoms with Gasteiger partial charge in [-0.1, -0.05) is 35.9 Å². The van der Waals surface area contributed by atoms with Crippen LogP contribution in [0.3, 0.4) is 0 Å². The number of carbonyl (C=O) groups excluding carboxylic acids is 1. The van der Waals surface area contributed by atoms with Crippen LogP contribution >= 0.6 is 34.7 Å². The van der Waals surface area contributed by atoms with Crippen molar-refractivity contribution in [2.45, 2.75) is 11.8 Å². The second-order valence-corrected chi connectivity index (χ2v) is 8.51. The van der Waals surface area contributed by atoms with Crippen LogP contribution in [-0.2, 0) is 4.79 Å². The van der Waals surface area contributed by atoms with Crippen LogP contribution in [-0.4, -0.2) is 16.6 Å². The van der Waals surface area contributed by atoms with Crippen molar-refractivity contribution in [3.63, 3.8) is 0 Å². The van der Waals surface area contributed by atoms with Crippen LogP contribution in [0.25, 0.3) is 21.0 Å². The third kappa shape index (κ3) is 3.56. The van der Waals surface area contributed by atoms with Gasteiger partial charge in [-0.3, -0.25) is 4.79 Å². The number of nitrogens with one attached hydrogen (secondary N) is 1. The van der Waals surface area contributed by atoms with Crippen LogP contribution in [0.4, 0.5) is 5.69 Å². The van der Waals surface area contributed by atoms with E-state index in [2.05, 4.69) is 10.3 Å². The summed E-state index contributed by atoms with van der Waals surface area (Å²) in [6.45, 7) is 1.98. The van der Waals surface area contributed by atoms with Crippen molar-refractivity contribution in [3.05, 3.63) is 64.6 Å². The van der Waals surface area contributed by atoms with Crippen LogP contribution in [0.1, 0.15) is 5.01 Å². The number of fused-ring (bicyclic) bond motifs is 2. The van der Waals surface area contributed by atoms with Crippen molar-refractivity contribution in [2.75, 3.05) is 11.1 Å². The van der Waals surface area contributed by atoms with Gasteiger partial charge in [-0.2, -0.15) is 0 Å². The van der Waals surface area contributed by atoms with Gasteiger partial charge in [-0.25, -0.2) is 4.98 Å². The second kappa shape index (κ2) is 7.27.